The van der Waals surface area contributed by atoms with Crippen molar-refractivity contribution in [2.24, 2.45) is 11.7 Å². The van der Waals surface area contributed by atoms with Crippen molar-refractivity contribution in [1.82, 2.24) is 0 Å². The Morgan fingerprint density at radius 1 is 1.50 bits per heavy atom. The molecule has 0 spiro atoms. The molecule has 2 rings (SSSR count). The maximum atomic E-state index is 6.24. The summed E-state index contributed by atoms with van der Waals surface area (Å²) in [5, 5.41) is 0.792. The van der Waals surface area contributed by atoms with Crippen LogP contribution in [0.1, 0.15) is 30.5 Å². The maximum absolute atomic E-state index is 6.24. The van der Waals surface area contributed by atoms with Crippen LogP contribution in [0.2, 0.25) is 5.02 Å². The Kier molecular flexibility index (Phi) is 3.53. The average molecular weight is 240 g/mol. The van der Waals surface area contributed by atoms with Gasteiger partial charge in [-0.05, 0) is 37.5 Å². The second-order valence-electron chi connectivity index (χ2n) is 4.67. The van der Waals surface area contributed by atoms with Crippen LogP contribution in [0.25, 0.3) is 0 Å². The third-order valence-electron chi connectivity index (χ3n) is 3.32. The van der Waals surface area contributed by atoms with Crippen molar-refractivity contribution in [2.45, 2.75) is 32.4 Å². The lowest BCUT2D eigenvalue weighted by molar-refractivity contribution is 0.118. The zero-order chi connectivity index (χ0) is 11.7. The van der Waals surface area contributed by atoms with Crippen LogP contribution >= 0.6 is 11.6 Å². The summed E-state index contributed by atoms with van der Waals surface area (Å²) >= 11 is 6.11. The van der Waals surface area contributed by atoms with E-state index in [1.54, 1.807) is 0 Å². The molecule has 0 aromatic heterocycles. The van der Waals surface area contributed by atoms with E-state index >= 15 is 0 Å². The number of rotatable bonds is 2. The standard InChI is InChI=1S/C13H18ClNO/c1-8-3-4-10(6-12(8)14)13(15)11-5-9(2)16-7-11/h3-4,6,9,11,13H,5,7,15H2,1-2H3. The summed E-state index contributed by atoms with van der Waals surface area (Å²) in [6.45, 7) is 4.85. The van der Waals surface area contributed by atoms with Gasteiger partial charge in [-0.15, -0.1) is 0 Å². The first kappa shape index (κ1) is 11.9. The van der Waals surface area contributed by atoms with E-state index in [4.69, 9.17) is 22.1 Å². The van der Waals surface area contributed by atoms with E-state index in [0.29, 0.717) is 12.0 Å². The second-order valence-corrected chi connectivity index (χ2v) is 5.08. The largest absolute Gasteiger partial charge is 0.378 e. The lowest BCUT2D eigenvalue weighted by Gasteiger charge is -2.18. The first-order chi connectivity index (χ1) is 7.58. The van der Waals surface area contributed by atoms with E-state index in [2.05, 4.69) is 13.0 Å². The minimum absolute atomic E-state index is 0.0306. The van der Waals surface area contributed by atoms with Gasteiger partial charge in [0.05, 0.1) is 12.7 Å². The summed E-state index contributed by atoms with van der Waals surface area (Å²) in [4.78, 5) is 0. The fraction of sp³-hybridized carbons (Fsp3) is 0.538. The highest BCUT2D eigenvalue weighted by Crippen LogP contribution is 2.31. The third-order valence-corrected chi connectivity index (χ3v) is 3.73. The van der Waals surface area contributed by atoms with E-state index in [1.807, 2.05) is 19.1 Å². The van der Waals surface area contributed by atoms with Crippen molar-refractivity contribution < 1.29 is 4.74 Å². The summed E-state index contributed by atoms with van der Waals surface area (Å²) in [6.07, 6.45) is 1.36. The van der Waals surface area contributed by atoms with E-state index in [-0.39, 0.29) is 6.04 Å². The molecule has 1 aliphatic heterocycles. The molecule has 2 N–H and O–H groups in total. The zero-order valence-corrected chi connectivity index (χ0v) is 10.5. The fourth-order valence-corrected chi connectivity index (χ4v) is 2.38. The molecular weight excluding hydrogens is 222 g/mol. The van der Waals surface area contributed by atoms with Gasteiger partial charge in [0.2, 0.25) is 0 Å². The molecule has 1 aliphatic rings. The van der Waals surface area contributed by atoms with Crippen LogP contribution in [0.15, 0.2) is 18.2 Å². The average Bonchev–Trinajstić information content (AvgIpc) is 2.68. The Bertz CT molecular complexity index is 380. The molecule has 3 atom stereocenters. The molecule has 0 bridgehead atoms. The van der Waals surface area contributed by atoms with Crippen molar-refractivity contribution in [3.63, 3.8) is 0 Å². The monoisotopic (exact) mass is 239 g/mol. The molecule has 0 aliphatic carbocycles. The van der Waals surface area contributed by atoms with Crippen LogP contribution < -0.4 is 5.73 Å². The van der Waals surface area contributed by atoms with Gasteiger partial charge in [0.25, 0.3) is 0 Å². The van der Waals surface area contributed by atoms with E-state index in [0.717, 1.165) is 29.2 Å². The number of benzene rings is 1. The van der Waals surface area contributed by atoms with Crippen molar-refractivity contribution in [2.75, 3.05) is 6.61 Å². The zero-order valence-electron chi connectivity index (χ0n) is 9.74. The van der Waals surface area contributed by atoms with Crippen LogP contribution in [0.4, 0.5) is 0 Å². The smallest absolute Gasteiger partial charge is 0.0551 e. The SMILES string of the molecule is Cc1ccc(C(N)C2COC(C)C2)cc1Cl. The first-order valence-electron chi connectivity index (χ1n) is 5.71. The van der Waals surface area contributed by atoms with Crippen LogP contribution in [0, 0.1) is 12.8 Å². The Hall–Kier alpha value is -0.570. The molecule has 16 heavy (non-hydrogen) atoms. The van der Waals surface area contributed by atoms with Crippen LogP contribution in [0.3, 0.4) is 0 Å². The van der Waals surface area contributed by atoms with Crippen LogP contribution in [-0.4, -0.2) is 12.7 Å². The summed E-state index contributed by atoms with van der Waals surface area (Å²) in [6, 6.07) is 6.10. The quantitative estimate of drug-likeness (QED) is 0.861. The van der Waals surface area contributed by atoms with Gasteiger partial charge in [-0.25, -0.2) is 0 Å². The minimum atomic E-state index is 0.0306. The summed E-state index contributed by atoms with van der Waals surface area (Å²) in [5.74, 6) is 0.411. The molecule has 0 amide bonds. The highest BCUT2D eigenvalue weighted by Gasteiger charge is 2.28. The number of hydrogen-bond donors (Lipinski definition) is 1. The van der Waals surface area contributed by atoms with E-state index in [9.17, 15) is 0 Å². The Balaban J connectivity index is 2.14. The molecular formula is C13H18ClNO. The molecule has 2 nitrogen and oxygen atoms in total. The van der Waals surface area contributed by atoms with E-state index < -0.39 is 0 Å². The highest BCUT2D eigenvalue weighted by atomic mass is 35.5. The van der Waals surface area contributed by atoms with Crippen LogP contribution in [0.5, 0.6) is 0 Å². The molecule has 3 heteroatoms. The first-order valence-corrected chi connectivity index (χ1v) is 6.09. The third kappa shape index (κ3) is 2.40. The fourth-order valence-electron chi connectivity index (χ4n) is 2.19. The lowest BCUT2D eigenvalue weighted by atomic mass is 9.91. The lowest BCUT2D eigenvalue weighted by Crippen LogP contribution is -2.21. The number of hydrogen-bond acceptors (Lipinski definition) is 2. The maximum Gasteiger partial charge on any atom is 0.0551 e. The topological polar surface area (TPSA) is 35.2 Å². The molecule has 3 unspecified atom stereocenters. The number of ether oxygens (including phenoxy) is 1. The summed E-state index contributed by atoms with van der Waals surface area (Å²) < 4.78 is 5.55. The Morgan fingerprint density at radius 2 is 2.25 bits per heavy atom. The van der Waals surface area contributed by atoms with Gasteiger partial charge in [0.1, 0.15) is 0 Å². The molecule has 1 aromatic rings. The van der Waals surface area contributed by atoms with Gasteiger partial charge < -0.3 is 10.5 Å². The summed E-state index contributed by atoms with van der Waals surface area (Å²) in [5.41, 5.74) is 8.44. The molecule has 1 aromatic carbocycles. The molecule has 1 heterocycles. The van der Waals surface area contributed by atoms with Gasteiger partial charge in [-0.3, -0.25) is 0 Å². The molecule has 1 saturated heterocycles. The molecule has 0 saturated carbocycles. The van der Waals surface area contributed by atoms with Gasteiger partial charge in [-0.1, -0.05) is 23.7 Å². The molecule has 0 radical (unpaired) electrons. The van der Waals surface area contributed by atoms with Crippen LogP contribution in [-0.2, 0) is 4.74 Å². The number of halogens is 1. The highest BCUT2D eigenvalue weighted by molar-refractivity contribution is 6.31. The van der Waals surface area contributed by atoms with Crippen molar-refractivity contribution in [1.29, 1.82) is 0 Å². The van der Waals surface area contributed by atoms with Gasteiger partial charge in [-0.2, -0.15) is 0 Å². The second kappa shape index (κ2) is 4.74. The molecule has 1 fully saturated rings. The predicted molar refractivity (Wildman–Crippen MR) is 66.6 cm³/mol. The number of nitrogens with two attached hydrogens (primary N) is 1. The predicted octanol–water partition coefficient (Wildman–Crippen LogP) is 3.07. The Morgan fingerprint density at radius 3 is 2.81 bits per heavy atom. The van der Waals surface area contributed by atoms with Gasteiger partial charge >= 0.3 is 0 Å². The van der Waals surface area contributed by atoms with E-state index in [1.165, 1.54) is 0 Å². The molecule has 88 valence electrons. The Labute approximate surface area is 102 Å². The summed E-state index contributed by atoms with van der Waals surface area (Å²) in [7, 11) is 0. The van der Waals surface area contributed by atoms with Crippen molar-refractivity contribution in [3.8, 4) is 0 Å². The van der Waals surface area contributed by atoms with Crippen molar-refractivity contribution >= 4 is 11.6 Å². The minimum Gasteiger partial charge on any atom is -0.378 e. The van der Waals surface area contributed by atoms with Gasteiger partial charge in [0.15, 0.2) is 0 Å². The number of aryl methyl sites for hydroxylation is 1. The normalized spacial score (nSPS) is 27.0. The van der Waals surface area contributed by atoms with Crippen molar-refractivity contribution in [3.05, 3.63) is 34.3 Å². The van der Waals surface area contributed by atoms with Gasteiger partial charge in [0, 0.05) is 17.0 Å².